The number of hydrogen-bond acceptors (Lipinski definition) is 4. The second kappa shape index (κ2) is 6.23. The van der Waals surface area contributed by atoms with Gasteiger partial charge in [0.05, 0.1) is 6.10 Å². The number of hydrogen-bond donors (Lipinski definition) is 1. The van der Waals surface area contributed by atoms with Crippen LogP contribution in [-0.4, -0.2) is 53.0 Å². The Hall–Kier alpha value is -1.30. The molecule has 6 nitrogen and oxygen atoms in total. The van der Waals surface area contributed by atoms with Crippen molar-refractivity contribution in [2.75, 3.05) is 13.1 Å². The van der Waals surface area contributed by atoms with Crippen LogP contribution >= 0.6 is 0 Å². The molecule has 1 aliphatic rings. The van der Waals surface area contributed by atoms with Gasteiger partial charge in [-0.25, -0.2) is 9.59 Å². The fourth-order valence-electron chi connectivity index (χ4n) is 1.91. The van der Waals surface area contributed by atoms with Gasteiger partial charge >= 0.3 is 12.1 Å². The van der Waals surface area contributed by atoms with E-state index < -0.39 is 17.8 Å². The van der Waals surface area contributed by atoms with Crippen molar-refractivity contribution < 1.29 is 24.2 Å². The molecule has 1 N–H and O–H groups in total. The Balaban J connectivity index is 2.36. The van der Waals surface area contributed by atoms with E-state index in [-0.39, 0.29) is 12.1 Å². The van der Waals surface area contributed by atoms with Crippen molar-refractivity contribution in [2.45, 2.75) is 58.3 Å². The number of carbonyl (C=O) groups excluding carboxylic acids is 1. The van der Waals surface area contributed by atoms with E-state index in [0.29, 0.717) is 25.9 Å². The summed E-state index contributed by atoms with van der Waals surface area (Å²) in [7, 11) is 0. The summed E-state index contributed by atoms with van der Waals surface area (Å²) in [6.45, 7) is 7.98. The van der Waals surface area contributed by atoms with Crippen molar-refractivity contribution in [3.05, 3.63) is 0 Å². The summed E-state index contributed by atoms with van der Waals surface area (Å²) in [5.74, 6) is -0.381. The molecule has 0 aromatic rings. The number of carbonyl (C=O) groups is 2. The summed E-state index contributed by atoms with van der Waals surface area (Å²) < 4.78 is 10.9. The standard InChI is InChI=1S/C13H23NO5/c1-9(11(15)19-13(2,3)4)18-10-5-7-14(8-6-10)12(16)17/h9-10H,5-8H2,1-4H3,(H,16,17). The van der Waals surface area contributed by atoms with Gasteiger partial charge in [0, 0.05) is 13.1 Å². The van der Waals surface area contributed by atoms with Crippen LogP contribution in [-0.2, 0) is 14.3 Å². The molecule has 1 atom stereocenters. The highest BCUT2D eigenvalue weighted by molar-refractivity contribution is 5.74. The Morgan fingerprint density at radius 2 is 1.79 bits per heavy atom. The van der Waals surface area contributed by atoms with Gasteiger partial charge in [-0.15, -0.1) is 0 Å². The van der Waals surface area contributed by atoms with E-state index in [9.17, 15) is 9.59 Å². The third kappa shape index (κ3) is 5.46. The number of likely N-dealkylation sites (tertiary alicyclic amines) is 1. The van der Waals surface area contributed by atoms with Gasteiger partial charge in [0.2, 0.25) is 0 Å². The van der Waals surface area contributed by atoms with Gasteiger partial charge in [-0.3, -0.25) is 0 Å². The molecule has 0 radical (unpaired) electrons. The normalized spacial score (nSPS) is 19.1. The first kappa shape index (κ1) is 15.8. The average molecular weight is 273 g/mol. The molecule has 0 bridgehead atoms. The molecule has 0 spiro atoms. The van der Waals surface area contributed by atoms with Crippen LogP contribution in [0.3, 0.4) is 0 Å². The minimum atomic E-state index is -0.904. The largest absolute Gasteiger partial charge is 0.465 e. The van der Waals surface area contributed by atoms with E-state index in [4.69, 9.17) is 14.6 Å². The zero-order valence-corrected chi connectivity index (χ0v) is 12.0. The molecular weight excluding hydrogens is 250 g/mol. The van der Waals surface area contributed by atoms with Crippen molar-refractivity contribution >= 4 is 12.1 Å². The zero-order chi connectivity index (χ0) is 14.6. The molecule has 110 valence electrons. The molecule has 0 saturated carbocycles. The lowest BCUT2D eigenvalue weighted by atomic mass is 10.1. The monoisotopic (exact) mass is 273 g/mol. The third-order valence-corrected chi connectivity index (χ3v) is 2.85. The second-order valence-electron chi connectivity index (χ2n) is 5.78. The molecule has 1 rings (SSSR count). The highest BCUT2D eigenvalue weighted by Gasteiger charge is 2.28. The molecule has 1 amide bonds. The number of rotatable bonds is 3. The quantitative estimate of drug-likeness (QED) is 0.794. The Bertz CT molecular complexity index is 328. The molecule has 6 heteroatoms. The van der Waals surface area contributed by atoms with E-state index in [1.165, 1.54) is 4.90 Å². The van der Waals surface area contributed by atoms with Crippen molar-refractivity contribution in [3.8, 4) is 0 Å². The number of esters is 1. The summed E-state index contributed by atoms with van der Waals surface area (Å²) in [4.78, 5) is 23.9. The molecule has 19 heavy (non-hydrogen) atoms. The molecule has 0 aromatic carbocycles. The Labute approximate surface area is 113 Å². The van der Waals surface area contributed by atoms with Crippen LogP contribution in [0.15, 0.2) is 0 Å². The summed E-state index contributed by atoms with van der Waals surface area (Å²) in [5.41, 5.74) is -0.526. The zero-order valence-electron chi connectivity index (χ0n) is 12.0. The lowest BCUT2D eigenvalue weighted by Crippen LogP contribution is -2.42. The molecular formula is C13H23NO5. The van der Waals surface area contributed by atoms with Gasteiger partial charge < -0.3 is 19.5 Å². The Morgan fingerprint density at radius 1 is 1.26 bits per heavy atom. The van der Waals surface area contributed by atoms with Crippen LogP contribution in [0.4, 0.5) is 4.79 Å². The fourth-order valence-corrected chi connectivity index (χ4v) is 1.91. The van der Waals surface area contributed by atoms with E-state index in [2.05, 4.69) is 0 Å². The number of amides is 1. The molecule has 0 aromatic heterocycles. The summed E-state index contributed by atoms with van der Waals surface area (Å²) in [6, 6.07) is 0. The Morgan fingerprint density at radius 3 is 2.21 bits per heavy atom. The van der Waals surface area contributed by atoms with Crippen LogP contribution in [0.2, 0.25) is 0 Å². The molecule has 1 fully saturated rings. The summed E-state index contributed by atoms with van der Waals surface area (Å²) >= 11 is 0. The molecule has 1 saturated heterocycles. The lowest BCUT2D eigenvalue weighted by Gasteiger charge is -2.31. The lowest BCUT2D eigenvalue weighted by molar-refractivity contribution is -0.172. The average Bonchev–Trinajstić information content (AvgIpc) is 2.27. The summed E-state index contributed by atoms with van der Waals surface area (Å²) in [5, 5.41) is 8.83. The van der Waals surface area contributed by atoms with Gasteiger partial charge in [0.1, 0.15) is 5.60 Å². The van der Waals surface area contributed by atoms with Crippen molar-refractivity contribution in [2.24, 2.45) is 0 Å². The molecule has 1 aliphatic heterocycles. The maximum atomic E-state index is 11.8. The topological polar surface area (TPSA) is 76.1 Å². The molecule has 1 heterocycles. The number of carboxylic acid groups (broad SMARTS) is 1. The van der Waals surface area contributed by atoms with Crippen LogP contribution in [0.5, 0.6) is 0 Å². The van der Waals surface area contributed by atoms with Gasteiger partial charge in [0.25, 0.3) is 0 Å². The molecule has 1 unspecified atom stereocenters. The predicted octanol–water partition coefficient (Wildman–Crippen LogP) is 1.88. The molecule has 0 aliphatic carbocycles. The minimum Gasteiger partial charge on any atom is -0.465 e. The minimum absolute atomic E-state index is 0.0851. The van der Waals surface area contributed by atoms with Crippen molar-refractivity contribution in [3.63, 3.8) is 0 Å². The first-order chi connectivity index (χ1) is 8.69. The van der Waals surface area contributed by atoms with E-state index >= 15 is 0 Å². The van der Waals surface area contributed by atoms with Gasteiger partial charge in [-0.1, -0.05) is 0 Å². The van der Waals surface area contributed by atoms with Gasteiger partial charge in [-0.05, 0) is 40.5 Å². The smallest absolute Gasteiger partial charge is 0.407 e. The van der Waals surface area contributed by atoms with Crippen LogP contribution in [0.1, 0.15) is 40.5 Å². The second-order valence-corrected chi connectivity index (χ2v) is 5.78. The van der Waals surface area contributed by atoms with Gasteiger partial charge in [0.15, 0.2) is 6.10 Å². The van der Waals surface area contributed by atoms with Crippen LogP contribution in [0.25, 0.3) is 0 Å². The van der Waals surface area contributed by atoms with Crippen molar-refractivity contribution in [1.82, 2.24) is 4.90 Å². The highest BCUT2D eigenvalue weighted by atomic mass is 16.6. The Kier molecular flexibility index (Phi) is 5.17. The van der Waals surface area contributed by atoms with E-state index in [0.717, 1.165) is 0 Å². The maximum absolute atomic E-state index is 11.8. The van der Waals surface area contributed by atoms with E-state index in [1.54, 1.807) is 6.92 Å². The highest BCUT2D eigenvalue weighted by Crippen LogP contribution is 2.17. The van der Waals surface area contributed by atoms with Gasteiger partial charge in [-0.2, -0.15) is 0 Å². The first-order valence-electron chi connectivity index (χ1n) is 6.55. The number of nitrogens with zero attached hydrogens (tertiary/aromatic N) is 1. The maximum Gasteiger partial charge on any atom is 0.407 e. The SMILES string of the molecule is CC(OC1CCN(C(=O)O)CC1)C(=O)OC(C)(C)C. The number of ether oxygens (including phenoxy) is 2. The van der Waals surface area contributed by atoms with E-state index in [1.807, 2.05) is 20.8 Å². The third-order valence-electron chi connectivity index (χ3n) is 2.85. The fraction of sp³-hybridized carbons (Fsp3) is 0.846. The number of piperidine rings is 1. The van der Waals surface area contributed by atoms with Crippen LogP contribution in [0, 0.1) is 0 Å². The van der Waals surface area contributed by atoms with Crippen molar-refractivity contribution in [1.29, 1.82) is 0 Å². The first-order valence-corrected chi connectivity index (χ1v) is 6.55. The predicted molar refractivity (Wildman–Crippen MR) is 69.0 cm³/mol. The summed E-state index contributed by atoms with van der Waals surface area (Å²) in [6.07, 6.45) is -0.392. The van der Waals surface area contributed by atoms with Crippen LogP contribution < -0.4 is 0 Å².